The molecule has 2 aromatic carbocycles. The second-order valence-electron chi connectivity index (χ2n) is 6.06. The SMILES string of the molecule is Cc1cc2nc(C(C)Oc3c(C)cccc3C)[nH]c2cc1C. The molecule has 0 saturated carbocycles. The number of nitrogens with zero attached hydrogens (tertiary/aromatic N) is 1. The highest BCUT2D eigenvalue weighted by atomic mass is 16.5. The second-order valence-corrected chi connectivity index (χ2v) is 6.06. The molecule has 0 aliphatic carbocycles. The van der Waals surface area contributed by atoms with Crippen LogP contribution in [0.5, 0.6) is 5.75 Å². The van der Waals surface area contributed by atoms with E-state index in [9.17, 15) is 0 Å². The highest BCUT2D eigenvalue weighted by Gasteiger charge is 2.15. The predicted octanol–water partition coefficient (Wildman–Crippen LogP) is 4.94. The zero-order valence-corrected chi connectivity index (χ0v) is 13.8. The number of imidazole rings is 1. The topological polar surface area (TPSA) is 37.9 Å². The van der Waals surface area contributed by atoms with E-state index in [1.54, 1.807) is 0 Å². The molecule has 3 heteroatoms. The zero-order valence-electron chi connectivity index (χ0n) is 13.8. The quantitative estimate of drug-likeness (QED) is 0.743. The van der Waals surface area contributed by atoms with E-state index >= 15 is 0 Å². The van der Waals surface area contributed by atoms with Crippen LogP contribution in [-0.4, -0.2) is 9.97 Å². The van der Waals surface area contributed by atoms with Crippen LogP contribution in [-0.2, 0) is 0 Å². The number of H-pyrrole nitrogens is 1. The second kappa shape index (κ2) is 5.48. The number of aromatic nitrogens is 2. The maximum Gasteiger partial charge on any atom is 0.153 e. The minimum Gasteiger partial charge on any atom is -0.482 e. The van der Waals surface area contributed by atoms with Gasteiger partial charge in [0.15, 0.2) is 6.10 Å². The molecule has 0 saturated heterocycles. The van der Waals surface area contributed by atoms with Crippen LogP contribution in [0.2, 0.25) is 0 Å². The molecule has 0 radical (unpaired) electrons. The Kier molecular flexibility index (Phi) is 3.65. The zero-order chi connectivity index (χ0) is 15.9. The maximum absolute atomic E-state index is 6.16. The van der Waals surface area contributed by atoms with Crippen molar-refractivity contribution in [3.63, 3.8) is 0 Å². The lowest BCUT2D eigenvalue weighted by atomic mass is 10.1. The van der Waals surface area contributed by atoms with Gasteiger partial charge in [-0.25, -0.2) is 4.98 Å². The van der Waals surface area contributed by atoms with Crippen molar-refractivity contribution >= 4 is 11.0 Å². The number of aryl methyl sites for hydroxylation is 4. The minimum absolute atomic E-state index is 0.118. The largest absolute Gasteiger partial charge is 0.482 e. The first kappa shape index (κ1) is 14.6. The molecule has 1 N–H and O–H groups in total. The van der Waals surface area contributed by atoms with E-state index in [1.165, 1.54) is 11.1 Å². The van der Waals surface area contributed by atoms with Crippen LogP contribution >= 0.6 is 0 Å². The lowest BCUT2D eigenvalue weighted by Crippen LogP contribution is -2.07. The molecule has 0 aliphatic heterocycles. The van der Waals surface area contributed by atoms with E-state index in [4.69, 9.17) is 4.74 Å². The molecule has 0 amide bonds. The third kappa shape index (κ3) is 2.59. The Balaban J connectivity index is 1.94. The number of aromatic amines is 1. The Labute approximate surface area is 131 Å². The van der Waals surface area contributed by atoms with Crippen LogP contribution in [0.15, 0.2) is 30.3 Å². The Morgan fingerprint density at radius 1 is 0.955 bits per heavy atom. The molecule has 1 aromatic heterocycles. The van der Waals surface area contributed by atoms with Crippen LogP contribution < -0.4 is 4.74 Å². The number of ether oxygens (including phenoxy) is 1. The van der Waals surface area contributed by atoms with Gasteiger partial charge in [-0.3, -0.25) is 0 Å². The first-order valence-electron chi connectivity index (χ1n) is 7.65. The van der Waals surface area contributed by atoms with Gasteiger partial charge in [0, 0.05) is 0 Å². The Hall–Kier alpha value is -2.29. The first-order chi connectivity index (χ1) is 10.5. The van der Waals surface area contributed by atoms with E-state index in [1.807, 2.05) is 6.92 Å². The van der Waals surface area contributed by atoms with Crippen molar-refractivity contribution < 1.29 is 4.74 Å². The van der Waals surface area contributed by atoms with Gasteiger partial charge in [-0.2, -0.15) is 0 Å². The van der Waals surface area contributed by atoms with Crippen LogP contribution in [0.1, 0.15) is 41.1 Å². The molecule has 114 valence electrons. The first-order valence-corrected chi connectivity index (χ1v) is 7.65. The summed E-state index contributed by atoms with van der Waals surface area (Å²) in [5, 5.41) is 0. The standard InChI is InChI=1S/C19H22N2O/c1-11-7-6-8-12(2)18(11)22-15(5)19-20-16-9-13(3)14(4)10-17(16)21-19/h6-10,15H,1-5H3,(H,20,21). The molecule has 0 fully saturated rings. The van der Waals surface area contributed by atoms with Crippen LogP contribution in [0.4, 0.5) is 0 Å². The molecule has 0 bridgehead atoms. The summed E-state index contributed by atoms with van der Waals surface area (Å²) in [6.45, 7) is 10.4. The number of fused-ring (bicyclic) bond motifs is 1. The van der Waals surface area contributed by atoms with Crippen LogP contribution in [0.25, 0.3) is 11.0 Å². The van der Waals surface area contributed by atoms with Crippen molar-refractivity contribution in [3.8, 4) is 5.75 Å². The van der Waals surface area contributed by atoms with E-state index in [0.29, 0.717) is 0 Å². The van der Waals surface area contributed by atoms with E-state index in [2.05, 4.69) is 68.0 Å². The molecule has 3 aromatic rings. The average molecular weight is 294 g/mol. The van der Waals surface area contributed by atoms with Gasteiger partial charge in [0.05, 0.1) is 11.0 Å². The summed E-state index contributed by atoms with van der Waals surface area (Å²) in [4.78, 5) is 8.08. The smallest absolute Gasteiger partial charge is 0.153 e. The lowest BCUT2D eigenvalue weighted by Gasteiger charge is -2.16. The van der Waals surface area contributed by atoms with Crippen molar-refractivity contribution in [1.82, 2.24) is 9.97 Å². The summed E-state index contributed by atoms with van der Waals surface area (Å²) in [7, 11) is 0. The summed E-state index contributed by atoms with van der Waals surface area (Å²) in [5.41, 5.74) is 6.88. The lowest BCUT2D eigenvalue weighted by molar-refractivity contribution is 0.215. The fourth-order valence-corrected chi connectivity index (χ4v) is 2.70. The summed E-state index contributed by atoms with van der Waals surface area (Å²) in [5.74, 6) is 1.81. The van der Waals surface area contributed by atoms with E-state index in [-0.39, 0.29) is 6.10 Å². The molecular weight excluding hydrogens is 272 g/mol. The summed E-state index contributed by atoms with van der Waals surface area (Å²) in [6.07, 6.45) is -0.118. The van der Waals surface area contributed by atoms with Gasteiger partial charge in [-0.15, -0.1) is 0 Å². The molecule has 0 spiro atoms. The maximum atomic E-state index is 6.16. The number of para-hydroxylation sites is 1. The number of nitrogens with one attached hydrogen (secondary N) is 1. The molecule has 22 heavy (non-hydrogen) atoms. The fourth-order valence-electron chi connectivity index (χ4n) is 2.70. The molecule has 0 aliphatic rings. The van der Waals surface area contributed by atoms with Gasteiger partial charge in [-0.1, -0.05) is 18.2 Å². The molecule has 1 unspecified atom stereocenters. The van der Waals surface area contributed by atoms with Gasteiger partial charge in [0.1, 0.15) is 11.6 Å². The number of hydrogen-bond acceptors (Lipinski definition) is 2. The Bertz CT molecular complexity index is 774. The van der Waals surface area contributed by atoms with Crippen molar-refractivity contribution in [2.45, 2.75) is 40.7 Å². The van der Waals surface area contributed by atoms with Crippen molar-refractivity contribution in [3.05, 3.63) is 58.4 Å². The molecule has 3 rings (SSSR count). The summed E-state index contributed by atoms with van der Waals surface area (Å²) < 4.78 is 6.16. The highest BCUT2D eigenvalue weighted by Crippen LogP contribution is 2.28. The Morgan fingerprint density at radius 2 is 1.59 bits per heavy atom. The highest BCUT2D eigenvalue weighted by molar-refractivity contribution is 5.77. The third-order valence-corrected chi connectivity index (χ3v) is 4.20. The monoisotopic (exact) mass is 294 g/mol. The normalized spacial score (nSPS) is 12.6. The summed E-state index contributed by atoms with van der Waals surface area (Å²) >= 11 is 0. The number of benzene rings is 2. The van der Waals surface area contributed by atoms with Gasteiger partial charge < -0.3 is 9.72 Å². The van der Waals surface area contributed by atoms with Gasteiger partial charge in [0.2, 0.25) is 0 Å². The minimum atomic E-state index is -0.118. The molecule has 3 nitrogen and oxygen atoms in total. The molecule has 1 atom stereocenters. The summed E-state index contributed by atoms with van der Waals surface area (Å²) in [6, 6.07) is 10.5. The van der Waals surface area contributed by atoms with Gasteiger partial charge >= 0.3 is 0 Å². The molecule has 1 heterocycles. The number of hydrogen-bond donors (Lipinski definition) is 1. The van der Waals surface area contributed by atoms with Crippen molar-refractivity contribution in [2.75, 3.05) is 0 Å². The number of rotatable bonds is 3. The van der Waals surface area contributed by atoms with Crippen LogP contribution in [0.3, 0.4) is 0 Å². The fraction of sp³-hybridized carbons (Fsp3) is 0.316. The van der Waals surface area contributed by atoms with Crippen molar-refractivity contribution in [1.29, 1.82) is 0 Å². The van der Waals surface area contributed by atoms with Crippen molar-refractivity contribution in [2.24, 2.45) is 0 Å². The predicted molar refractivity (Wildman–Crippen MR) is 90.5 cm³/mol. The van der Waals surface area contributed by atoms with Gasteiger partial charge in [0.25, 0.3) is 0 Å². The van der Waals surface area contributed by atoms with E-state index < -0.39 is 0 Å². The average Bonchev–Trinajstić information content (AvgIpc) is 2.86. The van der Waals surface area contributed by atoms with Crippen LogP contribution in [0, 0.1) is 27.7 Å². The Morgan fingerprint density at radius 3 is 2.27 bits per heavy atom. The molecular formula is C19H22N2O. The third-order valence-electron chi connectivity index (χ3n) is 4.20. The van der Waals surface area contributed by atoms with Gasteiger partial charge in [-0.05, 0) is 69.0 Å². The van der Waals surface area contributed by atoms with E-state index in [0.717, 1.165) is 33.7 Å².